The zero-order chi connectivity index (χ0) is 42.4. The van der Waals surface area contributed by atoms with Gasteiger partial charge in [0.15, 0.2) is 21.7 Å². The number of rotatable bonds is 5. The molecule has 0 saturated carbocycles. The first-order valence-corrected chi connectivity index (χ1v) is 21.3. The molecule has 0 N–H and O–H groups in total. The Labute approximate surface area is 347 Å². The van der Waals surface area contributed by atoms with Crippen LogP contribution >= 0.6 is 0 Å². The van der Waals surface area contributed by atoms with Gasteiger partial charge >= 0.3 is 0 Å². The maximum Gasteiger partial charge on any atom is 0.197 e. The van der Waals surface area contributed by atoms with E-state index in [1.54, 1.807) is 0 Å². The highest BCUT2D eigenvalue weighted by Gasteiger charge is 2.25. The number of hydrogen-bond donors (Lipinski definition) is 0. The van der Waals surface area contributed by atoms with E-state index in [0.29, 0.717) is 54.1 Å². The maximum absolute atomic E-state index is 15.0. The molecule has 0 bridgehead atoms. The number of nitrogens with zero attached hydrogens (tertiary/aromatic N) is 2. The molecule has 0 amide bonds. The molecule has 298 valence electrons. The lowest BCUT2D eigenvalue weighted by molar-refractivity contribution is 0.868. The molecular formula is C54H48N2O4. The van der Waals surface area contributed by atoms with Gasteiger partial charge in [-0.1, -0.05) is 79.7 Å². The maximum atomic E-state index is 15.0. The van der Waals surface area contributed by atoms with E-state index >= 15 is 0 Å². The Morgan fingerprint density at radius 1 is 0.350 bits per heavy atom. The van der Waals surface area contributed by atoms with E-state index in [0.717, 1.165) is 66.6 Å². The van der Waals surface area contributed by atoms with Gasteiger partial charge in [-0.2, -0.15) is 0 Å². The van der Waals surface area contributed by atoms with Gasteiger partial charge in [0.2, 0.25) is 0 Å². The molecule has 0 spiro atoms. The van der Waals surface area contributed by atoms with Crippen LogP contribution in [0.2, 0.25) is 0 Å². The Balaban J connectivity index is 1.34. The zero-order valence-corrected chi connectivity index (χ0v) is 35.9. The lowest BCUT2D eigenvalue weighted by Gasteiger charge is -2.21. The lowest BCUT2D eigenvalue weighted by Crippen LogP contribution is -2.16. The molecule has 0 radical (unpaired) electrons. The summed E-state index contributed by atoms with van der Waals surface area (Å²) in [6, 6.07) is 28.3. The molecule has 6 aromatic carbocycles. The summed E-state index contributed by atoms with van der Waals surface area (Å²) in [5, 5.41) is 4.61. The minimum absolute atomic E-state index is 0.0586. The first-order chi connectivity index (χ1) is 28.6. The fraction of sp³-hybridized carbons (Fsp3) is 0.259. The number of fused-ring (bicyclic) bond motifs is 8. The van der Waals surface area contributed by atoms with Crippen LogP contribution in [0.5, 0.6) is 0 Å². The fourth-order valence-electron chi connectivity index (χ4n) is 9.96. The number of pyridine rings is 4. The van der Waals surface area contributed by atoms with E-state index < -0.39 is 0 Å². The molecule has 6 nitrogen and oxygen atoms in total. The van der Waals surface area contributed by atoms with E-state index in [9.17, 15) is 19.2 Å². The Hall–Kier alpha value is -6.40. The molecule has 0 fully saturated rings. The first-order valence-electron chi connectivity index (χ1n) is 21.3. The van der Waals surface area contributed by atoms with Crippen molar-refractivity contribution in [3.63, 3.8) is 0 Å². The van der Waals surface area contributed by atoms with E-state index in [1.165, 1.54) is 0 Å². The Morgan fingerprint density at radius 2 is 0.650 bits per heavy atom. The monoisotopic (exact) mass is 788 g/mol. The van der Waals surface area contributed by atoms with Gasteiger partial charge in [0.25, 0.3) is 0 Å². The quantitative estimate of drug-likeness (QED) is 0.129. The lowest BCUT2D eigenvalue weighted by atomic mass is 9.89. The largest absolute Gasteiger partial charge is 0.307 e. The third-order valence-corrected chi connectivity index (χ3v) is 13.5. The van der Waals surface area contributed by atoms with Crippen molar-refractivity contribution in [2.45, 2.75) is 92.9 Å². The molecule has 10 rings (SSSR count). The van der Waals surface area contributed by atoms with Gasteiger partial charge in [-0.25, -0.2) is 0 Å². The molecule has 6 heteroatoms. The SMILES string of the molecule is Cc1c(-c2ccc3c(c2C)c(=O)c2cc(C(C)C)cc4c(=O)c5cc(C(C)C)ccc5n3c42)ccc2c1c(=O)c1cc(C(C)C)cc3c(=O)c4cc(C(C)C)ccc4n2c31. The van der Waals surface area contributed by atoms with Crippen molar-refractivity contribution in [2.24, 2.45) is 0 Å². The molecule has 10 aromatic rings. The second kappa shape index (κ2) is 13.0. The Morgan fingerprint density at radius 3 is 0.983 bits per heavy atom. The van der Waals surface area contributed by atoms with E-state index in [-0.39, 0.29) is 45.4 Å². The third-order valence-electron chi connectivity index (χ3n) is 13.5. The minimum atomic E-state index is -0.112. The average molecular weight is 789 g/mol. The Bertz CT molecular complexity index is 3520. The van der Waals surface area contributed by atoms with Crippen molar-refractivity contribution in [1.29, 1.82) is 0 Å². The summed E-state index contributed by atoms with van der Waals surface area (Å²) in [5.41, 5.74) is 11.4. The van der Waals surface area contributed by atoms with E-state index in [4.69, 9.17) is 0 Å². The average Bonchev–Trinajstić information content (AvgIpc) is 3.22. The molecular weight excluding hydrogens is 741 g/mol. The van der Waals surface area contributed by atoms with E-state index in [1.807, 2.05) is 74.5 Å². The first kappa shape index (κ1) is 37.8. The Kier molecular flexibility index (Phi) is 8.23. The second-order valence-corrected chi connectivity index (χ2v) is 18.4. The summed E-state index contributed by atoms with van der Waals surface area (Å²) in [7, 11) is 0. The van der Waals surface area contributed by atoms with Gasteiger partial charge in [-0.15, -0.1) is 0 Å². The standard InChI is InChI=1S/C54H48N2O4/c1-25(2)31-11-15-43-37(19-31)51(57)39-21-33(27(5)6)23-41-49(39)55(43)45-17-13-35(29(9)47(45)53(41)59)36-14-18-46-48(30(36)10)54(60)42-24-34(28(7)8)22-40-50(42)56(46)44-16-12-32(26(3)4)20-38(44)52(40)58/h11-28H,1-10H3. The van der Waals surface area contributed by atoms with Crippen molar-refractivity contribution in [2.75, 3.05) is 0 Å². The molecule has 0 saturated heterocycles. The predicted molar refractivity (Wildman–Crippen MR) is 252 cm³/mol. The molecule has 4 aromatic heterocycles. The second-order valence-electron chi connectivity index (χ2n) is 18.4. The van der Waals surface area contributed by atoms with Crippen molar-refractivity contribution in [3.05, 3.63) is 159 Å². The molecule has 60 heavy (non-hydrogen) atoms. The highest BCUT2D eigenvalue weighted by Crippen LogP contribution is 2.39. The van der Waals surface area contributed by atoms with Crippen LogP contribution in [-0.4, -0.2) is 8.80 Å². The fourth-order valence-corrected chi connectivity index (χ4v) is 9.96. The summed E-state index contributed by atoms with van der Waals surface area (Å²) >= 11 is 0. The molecule has 0 aliphatic rings. The summed E-state index contributed by atoms with van der Waals surface area (Å²) in [6.45, 7) is 20.8. The van der Waals surface area contributed by atoms with Gasteiger partial charge in [0, 0.05) is 32.3 Å². The number of aromatic nitrogens is 2. The van der Waals surface area contributed by atoms with Crippen molar-refractivity contribution in [3.8, 4) is 11.1 Å². The molecule has 0 aliphatic carbocycles. The van der Waals surface area contributed by atoms with Crippen molar-refractivity contribution in [1.82, 2.24) is 8.80 Å². The van der Waals surface area contributed by atoms with Gasteiger partial charge in [0.1, 0.15) is 0 Å². The zero-order valence-electron chi connectivity index (χ0n) is 35.9. The highest BCUT2D eigenvalue weighted by atomic mass is 16.1. The van der Waals surface area contributed by atoms with Gasteiger partial charge < -0.3 is 8.80 Å². The number of hydrogen-bond acceptors (Lipinski definition) is 4. The van der Waals surface area contributed by atoms with Crippen LogP contribution in [-0.2, 0) is 0 Å². The van der Waals surface area contributed by atoms with Gasteiger partial charge in [-0.05, 0) is 143 Å². The summed E-state index contributed by atoms with van der Waals surface area (Å²) in [5.74, 6) is 0.695. The normalized spacial score (nSPS) is 12.7. The third kappa shape index (κ3) is 5.06. The van der Waals surface area contributed by atoms with Crippen LogP contribution in [0.15, 0.2) is 104 Å². The van der Waals surface area contributed by atoms with Crippen LogP contribution < -0.4 is 21.7 Å². The van der Waals surface area contributed by atoms with Crippen LogP contribution in [0.4, 0.5) is 0 Å². The van der Waals surface area contributed by atoms with Crippen molar-refractivity contribution >= 4 is 76.2 Å². The number of aryl methyl sites for hydroxylation is 2. The molecule has 0 unspecified atom stereocenters. The summed E-state index contributed by atoms with van der Waals surface area (Å²) < 4.78 is 4.24. The smallest absolute Gasteiger partial charge is 0.197 e. The molecule has 0 aliphatic heterocycles. The predicted octanol–water partition coefficient (Wildman–Crippen LogP) is 12.2. The molecule has 0 atom stereocenters. The van der Waals surface area contributed by atoms with E-state index in [2.05, 4.69) is 88.5 Å². The molecule has 4 heterocycles. The van der Waals surface area contributed by atoms with Crippen LogP contribution in [0.3, 0.4) is 0 Å². The summed E-state index contributed by atoms with van der Waals surface area (Å²) in [4.78, 5) is 58.6. The summed E-state index contributed by atoms with van der Waals surface area (Å²) in [6.07, 6.45) is 0. The van der Waals surface area contributed by atoms with Gasteiger partial charge in [0.05, 0.1) is 43.9 Å². The topological polar surface area (TPSA) is 77.1 Å². The highest BCUT2D eigenvalue weighted by molar-refractivity contribution is 6.12. The van der Waals surface area contributed by atoms with Crippen LogP contribution in [0.25, 0.3) is 87.3 Å². The van der Waals surface area contributed by atoms with Crippen LogP contribution in [0.1, 0.15) is 112 Å². The number of benzene rings is 6. The minimum Gasteiger partial charge on any atom is -0.307 e. The van der Waals surface area contributed by atoms with Crippen LogP contribution in [0, 0.1) is 13.8 Å². The van der Waals surface area contributed by atoms with Crippen molar-refractivity contribution < 1.29 is 0 Å². The van der Waals surface area contributed by atoms with Gasteiger partial charge in [-0.3, -0.25) is 19.2 Å².